The Morgan fingerprint density at radius 1 is 0.825 bits per heavy atom. The van der Waals surface area contributed by atoms with Crippen molar-refractivity contribution in [2.24, 2.45) is 0 Å². The Hall–Kier alpha value is -3.53. The van der Waals surface area contributed by atoms with Crippen molar-refractivity contribution in [2.75, 3.05) is 31.5 Å². The minimum Gasteiger partial charge on any atom is -0.475 e. The van der Waals surface area contributed by atoms with Crippen LogP contribution in [0.4, 0.5) is 50.9 Å². The van der Waals surface area contributed by atoms with E-state index >= 15 is 0 Å². The van der Waals surface area contributed by atoms with Crippen LogP contribution in [0.1, 0.15) is 28.8 Å². The SMILES string of the molecule is O=C(NCCN1CCCC1)c1cccc(Nc2ccc(C(O)(C(F)(F)F)C(F)(F)F)cc2)c1.O=C(O)C(F)(F)F. The van der Waals surface area contributed by atoms with Gasteiger partial charge in [0.2, 0.25) is 0 Å². The van der Waals surface area contributed by atoms with Crippen molar-refractivity contribution in [1.82, 2.24) is 10.2 Å². The van der Waals surface area contributed by atoms with Gasteiger partial charge in [0.1, 0.15) is 0 Å². The molecule has 0 saturated carbocycles. The molecule has 4 N–H and O–H groups in total. The molecule has 0 unspecified atom stereocenters. The zero-order valence-corrected chi connectivity index (χ0v) is 20.4. The number of carbonyl (C=O) groups excluding carboxylic acids is 1. The number of aliphatic carboxylic acids is 1. The molecule has 1 fully saturated rings. The Labute approximate surface area is 221 Å². The predicted molar refractivity (Wildman–Crippen MR) is 124 cm³/mol. The van der Waals surface area contributed by atoms with E-state index in [1.165, 1.54) is 6.07 Å². The van der Waals surface area contributed by atoms with Crippen molar-refractivity contribution < 1.29 is 59.3 Å². The molecule has 2 aromatic rings. The average molecular weight is 589 g/mol. The second-order valence-electron chi connectivity index (χ2n) is 8.60. The van der Waals surface area contributed by atoms with Crippen LogP contribution in [0.3, 0.4) is 0 Å². The number of carbonyl (C=O) groups is 2. The van der Waals surface area contributed by atoms with Crippen molar-refractivity contribution in [3.8, 4) is 0 Å². The fourth-order valence-corrected chi connectivity index (χ4v) is 3.62. The first-order chi connectivity index (χ1) is 18.4. The molecule has 0 aliphatic carbocycles. The van der Waals surface area contributed by atoms with E-state index in [4.69, 9.17) is 9.90 Å². The number of aliphatic hydroxyl groups is 1. The number of alkyl halides is 9. The number of carboxylic acid groups (broad SMARTS) is 1. The van der Waals surface area contributed by atoms with Gasteiger partial charge < -0.3 is 25.7 Å². The fraction of sp³-hybridized carbons (Fsp3) is 0.417. The number of nitrogens with zero attached hydrogens (tertiary/aromatic N) is 1. The number of nitrogens with one attached hydrogen (secondary N) is 2. The third-order valence-corrected chi connectivity index (χ3v) is 5.69. The van der Waals surface area contributed by atoms with Crippen molar-refractivity contribution in [1.29, 1.82) is 0 Å². The number of benzene rings is 2. The topological polar surface area (TPSA) is 102 Å². The van der Waals surface area contributed by atoms with Gasteiger partial charge in [0, 0.05) is 35.6 Å². The highest BCUT2D eigenvalue weighted by molar-refractivity contribution is 5.95. The number of hydrogen-bond acceptors (Lipinski definition) is 5. The van der Waals surface area contributed by atoms with Crippen LogP contribution in [0, 0.1) is 0 Å². The van der Waals surface area contributed by atoms with Gasteiger partial charge in [0.15, 0.2) is 0 Å². The Bertz CT molecular complexity index is 1130. The summed E-state index contributed by atoms with van der Waals surface area (Å²) < 4.78 is 110. The summed E-state index contributed by atoms with van der Waals surface area (Å²) in [6, 6.07) is 9.37. The van der Waals surface area contributed by atoms with Crippen molar-refractivity contribution in [3.63, 3.8) is 0 Å². The quantitative estimate of drug-likeness (QED) is 0.332. The van der Waals surface area contributed by atoms with E-state index in [1.807, 2.05) is 0 Å². The maximum absolute atomic E-state index is 13.0. The monoisotopic (exact) mass is 589 g/mol. The largest absolute Gasteiger partial charge is 0.490 e. The van der Waals surface area contributed by atoms with E-state index in [0.717, 1.165) is 44.6 Å². The lowest BCUT2D eigenvalue weighted by molar-refractivity contribution is -0.376. The molecule has 7 nitrogen and oxygen atoms in total. The van der Waals surface area contributed by atoms with Gasteiger partial charge in [-0.15, -0.1) is 0 Å². The van der Waals surface area contributed by atoms with E-state index < -0.39 is 35.7 Å². The molecule has 1 heterocycles. The Balaban J connectivity index is 0.000000708. The first-order valence-electron chi connectivity index (χ1n) is 11.5. The molecular formula is C24H24F9N3O4. The summed E-state index contributed by atoms with van der Waals surface area (Å²) in [4.78, 5) is 23.5. The van der Waals surface area contributed by atoms with Gasteiger partial charge in [-0.25, -0.2) is 4.79 Å². The van der Waals surface area contributed by atoms with E-state index in [9.17, 15) is 49.4 Å². The Kier molecular flexibility index (Phi) is 10.4. The molecule has 3 rings (SSSR count). The molecule has 16 heteroatoms. The first-order valence-corrected chi connectivity index (χ1v) is 11.5. The molecule has 0 atom stereocenters. The van der Waals surface area contributed by atoms with Crippen LogP contribution in [-0.2, 0) is 10.4 Å². The van der Waals surface area contributed by atoms with Crippen LogP contribution in [0.2, 0.25) is 0 Å². The third-order valence-electron chi connectivity index (χ3n) is 5.69. The lowest BCUT2D eigenvalue weighted by Gasteiger charge is -2.32. The fourth-order valence-electron chi connectivity index (χ4n) is 3.62. The highest BCUT2D eigenvalue weighted by Gasteiger charge is 2.71. The molecule has 1 saturated heterocycles. The van der Waals surface area contributed by atoms with Gasteiger partial charge in [-0.05, 0) is 56.3 Å². The highest BCUT2D eigenvalue weighted by Crippen LogP contribution is 2.50. The average Bonchev–Trinajstić information content (AvgIpc) is 3.36. The lowest BCUT2D eigenvalue weighted by Crippen LogP contribution is -2.53. The summed E-state index contributed by atoms with van der Waals surface area (Å²) in [6.07, 6.45) is -14.7. The maximum atomic E-state index is 13.0. The second kappa shape index (κ2) is 12.8. The zero-order valence-electron chi connectivity index (χ0n) is 20.4. The summed E-state index contributed by atoms with van der Waals surface area (Å²) in [5, 5.41) is 22.2. The third kappa shape index (κ3) is 8.48. The molecular weight excluding hydrogens is 565 g/mol. The van der Waals surface area contributed by atoms with Crippen LogP contribution >= 0.6 is 0 Å². The van der Waals surface area contributed by atoms with Gasteiger partial charge >= 0.3 is 24.5 Å². The minimum atomic E-state index is -5.95. The van der Waals surface area contributed by atoms with Crippen molar-refractivity contribution in [3.05, 3.63) is 59.7 Å². The highest BCUT2D eigenvalue weighted by atomic mass is 19.4. The second-order valence-corrected chi connectivity index (χ2v) is 8.60. The van der Waals surface area contributed by atoms with E-state index in [2.05, 4.69) is 15.5 Å². The molecule has 1 aliphatic heterocycles. The summed E-state index contributed by atoms with van der Waals surface area (Å²) >= 11 is 0. The number of carboxylic acids is 1. The van der Waals surface area contributed by atoms with Gasteiger partial charge in [-0.1, -0.05) is 18.2 Å². The summed E-state index contributed by atoms with van der Waals surface area (Å²) in [5.74, 6) is -3.05. The summed E-state index contributed by atoms with van der Waals surface area (Å²) in [5.41, 5.74) is -5.39. The minimum absolute atomic E-state index is 0.178. The number of amides is 1. The molecule has 0 aromatic heterocycles. The van der Waals surface area contributed by atoms with Gasteiger partial charge in [-0.2, -0.15) is 39.5 Å². The van der Waals surface area contributed by atoms with E-state index in [-0.39, 0.29) is 11.6 Å². The Morgan fingerprint density at radius 3 is 1.82 bits per heavy atom. The maximum Gasteiger partial charge on any atom is 0.490 e. The van der Waals surface area contributed by atoms with Crippen LogP contribution in [0.5, 0.6) is 0 Å². The molecule has 40 heavy (non-hydrogen) atoms. The normalized spacial score (nSPS) is 14.8. The van der Waals surface area contributed by atoms with Crippen LogP contribution < -0.4 is 10.6 Å². The van der Waals surface area contributed by atoms with Crippen LogP contribution in [-0.4, -0.2) is 71.7 Å². The zero-order chi connectivity index (χ0) is 30.4. The van der Waals surface area contributed by atoms with Gasteiger partial charge in [-0.3, -0.25) is 4.79 Å². The van der Waals surface area contributed by atoms with E-state index in [0.29, 0.717) is 29.9 Å². The standard InChI is InChI=1S/C22H23F6N3O2.C2HF3O2/c23-21(24,25)20(33,22(26,27)28)16-6-8-17(9-7-16)30-18-5-3-4-15(14-18)19(32)29-10-13-31-11-1-2-12-31;3-2(4,5)1(6)7/h3-9,14,30,33H,1-2,10-13H2,(H,29,32);(H,6,7). The van der Waals surface area contributed by atoms with Gasteiger partial charge in [0.25, 0.3) is 11.5 Å². The number of hydrogen-bond donors (Lipinski definition) is 4. The number of halogens is 9. The van der Waals surface area contributed by atoms with Gasteiger partial charge in [0.05, 0.1) is 0 Å². The Morgan fingerprint density at radius 2 is 1.35 bits per heavy atom. The van der Waals surface area contributed by atoms with Crippen molar-refractivity contribution in [2.45, 2.75) is 37.0 Å². The molecule has 0 bridgehead atoms. The molecule has 0 radical (unpaired) electrons. The molecule has 2 aromatic carbocycles. The lowest BCUT2D eigenvalue weighted by atomic mass is 9.92. The number of rotatable bonds is 7. The smallest absolute Gasteiger partial charge is 0.475 e. The molecule has 1 amide bonds. The van der Waals surface area contributed by atoms with Crippen LogP contribution in [0.25, 0.3) is 0 Å². The summed E-state index contributed by atoms with van der Waals surface area (Å²) in [6.45, 7) is 3.26. The summed E-state index contributed by atoms with van der Waals surface area (Å²) in [7, 11) is 0. The van der Waals surface area contributed by atoms with Crippen molar-refractivity contribution >= 4 is 23.3 Å². The van der Waals surface area contributed by atoms with E-state index in [1.54, 1.807) is 18.2 Å². The first kappa shape index (κ1) is 32.7. The number of anilines is 2. The van der Waals surface area contributed by atoms with Crippen LogP contribution in [0.15, 0.2) is 48.5 Å². The predicted octanol–water partition coefficient (Wildman–Crippen LogP) is 5.20. The number of likely N-dealkylation sites (tertiary alicyclic amines) is 1. The molecule has 0 spiro atoms. The molecule has 1 aliphatic rings. The molecule has 222 valence electrons.